The summed E-state index contributed by atoms with van der Waals surface area (Å²) >= 11 is 0. The van der Waals surface area contributed by atoms with Crippen LogP contribution in [0.1, 0.15) is 18.0 Å². The topological polar surface area (TPSA) is 63.1 Å². The van der Waals surface area contributed by atoms with Gasteiger partial charge in [-0.2, -0.15) is 0 Å². The van der Waals surface area contributed by atoms with Crippen LogP contribution in [0.2, 0.25) is 0 Å². The number of carbonyl (C=O) groups is 1. The minimum atomic E-state index is 0.00251. The van der Waals surface area contributed by atoms with Crippen LogP contribution < -0.4 is 5.32 Å². The van der Waals surface area contributed by atoms with Crippen LogP contribution in [0.3, 0.4) is 0 Å². The molecule has 27 heavy (non-hydrogen) atoms. The van der Waals surface area contributed by atoms with Gasteiger partial charge in [0.05, 0.1) is 12.2 Å². The molecule has 138 valence electrons. The molecule has 1 saturated heterocycles. The highest BCUT2D eigenvalue weighted by Crippen LogP contribution is 2.23. The Kier molecular flexibility index (Phi) is 5.14. The molecule has 1 fully saturated rings. The first-order valence-corrected chi connectivity index (χ1v) is 9.33. The molecule has 2 heterocycles. The molecular weight excluding hydrogens is 338 g/mol. The first-order chi connectivity index (χ1) is 13.3. The van der Waals surface area contributed by atoms with Gasteiger partial charge < -0.3 is 10.2 Å². The molecule has 3 aromatic rings. The summed E-state index contributed by atoms with van der Waals surface area (Å²) in [5.74, 6) is 0. The standard InChI is InChI=1S/C21H23N5O/c27-21(22-13-7-10-17-8-3-1-4-9-17)25-14-19(15-25)26-16-20(23-24-26)18-11-5-2-6-12-18/h1-6,8-9,11-12,16,19H,7,10,13-15H2,(H,22,27). The molecule has 0 atom stereocenters. The van der Waals surface area contributed by atoms with Crippen LogP contribution in [0.25, 0.3) is 11.3 Å². The minimum absolute atomic E-state index is 0.00251. The van der Waals surface area contributed by atoms with Gasteiger partial charge in [-0.25, -0.2) is 9.48 Å². The molecule has 1 aliphatic rings. The molecule has 1 aliphatic heterocycles. The molecule has 0 aliphatic carbocycles. The van der Waals surface area contributed by atoms with Crippen molar-refractivity contribution < 1.29 is 4.79 Å². The predicted octanol–water partition coefficient (Wildman–Crippen LogP) is 3.14. The Bertz CT molecular complexity index is 872. The molecule has 6 heteroatoms. The summed E-state index contributed by atoms with van der Waals surface area (Å²) in [6.45, 7) is 2.03. The molecule has 0 unspecified atom stereocenters. The minimum Gasteiger partial charge on any atom is -0.338 e. The van der Waals surface area contributed by atoms with Gasteiger partial charge in [-0.15, -0.1) is 5.10 Å². The number of likely N-dealkylation sites (tertiary alicyclic amines) is 1. The molecular formula is C21H23N5O. The quantitative estimate of drug-likeness (QED) is 0.686. The average molecular weight is 361 g/mol. The fourth-order valence-corrected chi connectivity index (χ4v) is 3.23. The number of nitrogens with one attached hydrogen (secondary N) is 1. The van der Waals surface area contributed by atoms with Crippen LogP contribution in [0.15, 0.2) is 66.9 Å². The maximum absolute atomic E-state index is 12.2. The summed E-state index contributed by atoms with van der Waals surface area (Å²) in [6, 6.07) is 20.5. The van der Waals surface area contributed by atoms with Crippen LogP contribution in [-0.2, 0) is 6.42 Å². The Hall–Kier alpha value is -3.15. The van der Waals surface area contributed by atoms with Crippen molar-refractivity contribution in [2.75, 3.05) is 19.6 Å². The Morgan fingerprint density at radius 2 is 1.74 bits per heavy atom. The highest BCUT2D eigenvalue weighted by Gasteiger charge is 2.32. The van der Waals surface area contributed by atoms with Crippen molar-refractivity contribution >= 4 is 6.03 Å². The van der Waals surface area contributed by atoms with Gasteiger partial charge in [0, 0.05) is 25.2 Å². The average Bonchev–Trinajstić information content (AvgIpc) is 3.15. The van der Waals surface area contributed by atoms with Crippen molar-refractivity contribution in [2.24, 2.45) is 0 Å². The first-order valence-electron chi connectivity index (χ1n) is 9.33. The largest absolute Gasteiger partial charge is 0.338 e. The molecule has 1 aromatic heterocycles. The third-order valence-electron chi connectivity index (χ3n) is 4.86. The number of aryl methyl sites for hydroxylation is 1. The van der Waals surface area contributed by atoms with E-state index in [0.29, 0.717) is 19.6 Å². The summed E-state index contributed by atoms with van der Waals surface area (Å²) in [6.07, 6.45) is 3.87. The number of urea groups is 1. The van der Waals surface area contributed by atoms with Crippen molar-refractivity contribution in [1.82, 2.24) is 25.2 Å². The Morgan fingerprint density at radius 3 is 2.48 bits per heavy atom. The molecule has 4 rings (SSSR count). The molecule has 2 amide bonds. The lowest BCUT2D eigenvalue weighted by Gasteiger charge is -2.38. The lowest BCUT2D eigenvalue weighted by atomic mass is 10.1. The van der Waals surface area contributed by atoms with Crippen LogP contribution in [0.4, 0.5) is 4.79 Å². The fraction of sp³-hybridized carbons (Fsp3) is 0.286. The second kappa shape index (κ2) is 8.03. The number of benzene rings is 2. The summed E-state index contributed by atoms with van der Waals surface area (Å²) < 4.78 is 1.86. The van der Waals surface area contributed by atoms with Crippen molar-refractivity contribution in [3.8, 4) is 11.3 Å². The van der Waals surface area contributed by atoms with Gasteiger partial charge in [0.1, 0.15) is 5.69 Å². The van der Waals surface area contributed by atoms with Gasteiger partial charge in [0.15, 0.2) is 0 Å². The molecule has 1 N–H and O–H groups in total. The van der Waals surface area contributed by atoms with E-state index in [4.69, 9.17) is 0 Å². The summed E-state index contributed by atoms with van der Waals surface area (Å²) in [5, 5.41) is 11.5. The smallest absolute Gasteiger partial charge is 0.317 e. The van der Waals surface area contributed by atoms with Gasteiger partial charge in [-0.1, -0.05) is 65.9 Å². The second-order valence-electron chi connectivity index (χ2n) is 6.83. The number of hydrogen-bond donors (Lipinski definition) is 1. The van der Waals surface area contributed by atoms with E-state index in [1.165, 1.54) is 5.56 Å². The monoisotopic (exact) mass is 361 g/mol. The zero-order chi connectivity index (χ0) is 18.5. The molecule has 0 saturated carbocycles. The predicted molar refractivity (Wildman–Crippen MR) is 104 cm³/mol. The third-order valence-corrected chi connectivity index (χ3v) is 4.86. The van der Waals surface area contributed by atoms with Gasteiger partial charge >= 0.3 is 6.03 Å². The number of carbonyl (C=O) groups excluding carboxylic acids is 1. The molecule has 0 bridgehead atoms. The van der Waals surface area contributed by atoms with E-state index >= 15 is 0 Å². The normalized spacial score (nSPS) is 14.0. The lowest BCUT2D eigenvalue weighted by molar-refractivity contribution is 0.117. The lowest BCUT2D eigenvalue weighted by Crippen LogP contribution is -2.54. The molecule has 0 spiro atoms. The summed E-state index contributed by atoms with van der Waals surface area (Å²) in [7, 11) is 0. The Labute approximate surface area is 158 Å². The van der Waals surface area contributed by atoms with E-state index < -0.39 is 0 Å². The van der Waals surface area contributed by atoms with Crippen molar-refractivity contribution in [3.63, 3.8) is 0 Å². The molecule has 6 nitrogen and oxygen atoms in total. The van der Waals surface area contributed by atoms with E-state index in [-0.39, 0.29) is 12.1 Å². The Morgan fingerprint density at radius 1 is 1.04 bits per heavy atom. The van der Waals surface area contributed by atoms with Crippen molar-refractivity contribution in [3.05, 3.63) is 72.4 Å². The molecule has 0 radical (unpaired) electrons. The van der Waals surface area contributed by atoms with E-state index in [1.54, 1.807) is 0 Å². The van der Waals surface area contributed by atoms with Crippen LogP contribution in [0, 0.1) is 0 Å². The summed E-state index contributed by atoms with van der Waals surface area (Å²) in [5.41, 5.74) is 3.21. The van der Waals surface area contributed by atoms with E-state index in [2.05, 4.69) is 27.8 Å². The number of aromatic nitrogens is 3. The van der Waals surface area contributed by atoms with E-state index in [0.717, 1.165) is 24.1 Å². The highest BCUT2D eigenvalue weighted by atomic mass is 16.2. The first kappa shape index (κ1) is 17.3. The van der Waals surface area contributed by atoms with Gasteiger partial charge in [-0.05, 0) is 18.4 Å². The maximum Gasteiger partial charge on any atom is 0.317 e. The second-order valence-corrected chi connectivity index (χ2v) is 6.83. The van der Waals surface area contributed by atoms with Gasteiger partial charge in [0.2, 0.25) is 0 Å². The SMILES string of the molecule is O=C(NCCCc1ccccc1)N1CC(n2cc(-c3ccccc3)nn2)C1. The third kappa shape index (κ3) is 4.16. The Balaban J connectivity index is 1.20. The zero-order valence-corrected chi connectivity index (χ0v) is 15.2. The number of hydrogen-bond acceptors (Lipinski definition) is 3. The summed E-state index contributed by atoms with van der Waals surface area (Å²) in [4.78, 5) is 14.0. The number of rotatable bonds is 6. The molecule has 2 aromatic carbocycles. The van der Waals surface area contributed by atoms with E-state index in [9.17, 15) is 4.79 Å². The van der Waals surface area contributed by atoms with Crippen molar-refractivity contribution in [2.45, 2.75) is 18.9 Å². The zero-order valence-electron chi connectivity index (χ0n) is 15.2. The van der Waals surface area contributed by atoms with Crippen LogP contribution in [0.5, 0.6) is 0 Å². The fourth-order valence-electron chi connectivity index (χ4n) is 3.23. The van der Waals surface area contributed by atoms with Crippen molar-refractivity contribution in [1.29, 1.82) is 0 Å². The maximum atomic E-state index is 12.2. The number of amides is 2. The highest BCUT2D eigenvalue weighted by molar-refractivity contribution is 5.75. The van der Waals surface area contributed by atoms with Gasteiger partial charge in [-0.3, -0.25) is 0 Å². The van der Waals surface area contributed by atoms with Crippen LogP contribution >= 0.6 is 0 Å². The van der Waals surface area contributed by atoms with Crippen LogP contribution in [-0.4, -0.2) is 45.6 Å². The van der Waals surface area contributed by atoms with E-state index in [1.807, 2.05) is 64.3 Å². The van der Waals surface area contributed by atoms with Gasteiger partial charge in [0.25, 0.3) is 0 Å². The number of nitrogens with zero attached hydrogens (tertiary/aromatic N) is 4.